The summed E-state index contributed by atoms with van der Waals surface area (Å²) in [6.07, 6.45) is 0. The van der Waals surface area contributed by atoms with Gasteiger partial charge in [-0.15, -0.1) is 0 Å². The van der Waals surface area contributed by atoms with Crippen molar-refractivity contribution in [3.63, 3.8) is 0 Å². The quantitative estimate of drug-likeness (QED) is 0.866. The molecular formula is C16H25NO. The van der Waals surface area contributed by atoms with Gasteiger partial charge in [0.1, 0.15) is 0 Å². The van der Waals surface area contributed by atoms with E-state index in [9.17, 15) is 4.79 Å². The molecule has 1 N–H and O–H groups in total. The fourth-order valence-electron chi connectivity index (χ4n) is 1.74. The van der Waals surface area contributed by atoms with Crippen molar-refractivity contribution in [1.82, 2.24) is 5.32 Å². The number of amides is 1. The van der Waals surface area contributed by atoms with Crippen molar-refractivity contribution in [3.05, 3.63) is 35.9 Å². The minimum atomic E-state index is -0.335. The van der Waals surface area contributed by atoms with Crippen LogP contribution in [0, 0.1) is 11.3 Å². The Morgan fingerprint density at radius 3 is 2.00 bits per heavy atom. The van der Waals surface area contributed by atoms with Gasteiger partial charge in [0.05, 0.1) is 5.54 Å². The van der Waals surface area contributed by atoms with Gasteiger partial charge < -0.3 is 5.32 Å². The third-order valence-electron chi connectivity index (χ3n) is 3.62. The van der Waals surface area contributed by atoms with Gasteiger partial charge in [-0.25, -0.2) is 0 Å². The highest BCUT2D eigenvalue weighted by atomic mass is 16.2. The molecule has 0 aliphatic carbocycles. The minimum absolute atomic E-state index is 0.0134. The predicted molar refractivity (Wildman–Crippen MR) is 76.2 cm³/mol. The van der Waals surface area contributed by atoms with Gasteiger partial charge in [0.2, 0.25) is 5.91 Å². The van der Waals surface area contributed by atoms with E-state index in [4.69, 9.17) is 0 Å². The van der Waals surface area contributed by atoms with E-state index in [0.29, 0.717) is 0 Å². The van der Waals surface area contributed by atoms with Crippen LogP contribution in [-0.4, -0.2) is 5.91 Å². The molecule has 0 bridgehead atoms. The third kappa shape index (κ3) is 3.59. The maximum atomic E-state index is 12.3. The summed E-state index contributed by atoms with van der Waals surface area (Å²) in [5.41, 5.74) is 0.772. The van der Waals surface area contributed by atoms with Crippen molar-refractivity contribution in [2.75, 3.05) is 0 Å². The molecular weight excluding hydrogens is 222 g/mol. The molecule has 0 aromatic heterocycles. The van der Waals surface area contributed by atoms with Crippen LogP contribution >= 0.6 is 0 Å². The van der Waals surface area contributed by atoms with E-state index in [1.807, 2.05) is 51.1 Å². The minimum Gasteiger partial charge on any atom is -0.347 e. The second-order valence-electron chi connectivity index (χ2n) is 6.57. The zero-order valence-corrected chi connectivity index (χ0v) is 12.4. The van der Waals surface area contributed by atoms with Crippen LogP contribution in [0.2, 0.25) is 0 Å². The molecule has 18 heavy (non-hydrogen) atoms. The normalized spacial score (nSPS) is 14.1. The summed E-state index contributed by atoms with van der Waals surface area (Å²) in [4.78, 5) is 12.3. The van der Waals surface area contributed by atoms with Crippen LogP contribution in [0.3, 0.4) is 0 Å². The third-order valence-corrected chi connectivity index (χ3v) is 3.62. The number of nitrogens with one attached hydrogen (secondary N) is 1. The van der Waals surface area contributed by atoms with Gasteiger partial charge in [-0.1, -0.05) is 58.0 Å². The molecule has 1 amide bonds. The number of carbonyl (C=O) groups excluding carboxylic acids is 1. The maximum Gasteiger partial charge on any atom is 0.224 e. The molecule has 1 unspecified atom stereocenters. The second kappa shape index (κ2) is 5.13. The summed E-state index contributed by atoms with van der Waals surface area (Å²) < 4.78 is 0. The van der Waals surface area contributed by atoms with Crippen LogP contribution in [0.1, 0.15) is 47.1 Å². The standard InChI is InChI=1S/C16H25NO/c1-12(15(2,3)4)14(18)17-16(5,6)13-10-8-7-9-11-13/h7-12H,1-6H3,(H,17,18). The smallest absolute Gasteiger partial charge is 0.224 e. The van der Waals surface area contributed by atoms with Gasteiger partial charge in [0, 0.05) is 5.92 Å². The van der Waals surface area contributed by atoms with Crippen LogP contribution in [0.15, 0.2) is 30.3 Å². The van der Waals surface area contributed by atoms with E-state index in [-0.39, 0.29) is 22.8 Å². The first-order valence-electron chi connectivity index (χ1n) is 6.52. The van der Waals surface area contributed by atoms with E-state index in [1.165, 1.54) is 0 Å². The summed E-state index contributed by atoms with van der Waals surface area (Å²) in [6.45, 7) is 12.3. The summed E-state index contributed by atoms with van der Waals surface area (Å²) in [5.74, 6) is 0.0943. The second-order valence-corrected chi connectivity index (χ2v) is 6.57. The zero-order chi connectivity index (χ0) is 14.0. The van der Waals surface area contributed by atoms with Crippen molar-refractivity contribution < 1.29 is 4.79 Å². The predicted octanol–water partition coefficient (Wildman–Crippen LogP) is 3.72. The maximum absolute atomic E-state index is 12.3. The van der Waals surface area contributed by atoms with Crippen molar-refractivity contribution in [1.29, 1.82) is 0 Å². The summed E-state index contributed by atoms with van der Waals surface area (Å²) in [7, 11) is 0. The van der Waals surface area contributed by atoms with Gasteiger partial charge in [0.25, 0.3) is 0 Å². The Bertz CT molecular complexity index is 401. The van der Waals surface area contributed by atoms with Gasteiger partial charge >= 0.3 is 0 Å². The Labute approximate surface area is 111 Å². The first-order valence-corrected chi connectivity index (χ1v) is 6.52. The number of rotatable bonds is 3. The van der Waals surface area contributed by atoms with Crippen molar-refractivity contribution >= 4 is 5.91 Å². The van der Waals surface area contributed by atoms with Gasteiger partial charge in [-0.2, -0.15) is 0 Å². The van der Waals surface area contributed by atoms with Crippen LogP contribution in [0.25, 0.3) is 0 Å². The van der Waals surface area contributed by atoms with Gasteiger partial charge in [-0.3, -0.25) is 4.79 Å². The molecule has 0 spiro atoms. The van der Waals surface area contributed by atoms with Crippen molar-refractivity contribution in [3.8, 4) is 0 Å². The first kappa shape index (κ1) is 14.7. The molecule has 100 valence electrons. The fraction of sp³-hybridized carbons (Fsp3) is 0.562. The number of hydrogen-bond donors (Lipinski definition) is 1. The Balaban J connectivity index is 2.81. The van der Waals surface area contributed by atoms with E-state index in [1.54, 1.807) is 0 Å². The summed E-state index contributed by atoms with van der Waals surface area (Å²) >= 11 is 0. The fourth-order valence-corrected chi connectivity index (χ4v) is 1.74. The number of hydrogen-bond acceptors (Lipinski definition) is 1. The number of benzene rings is 1. The lowest BCUT2D eigenvalue weighted by Gasteiger charge is -2.32. The van der Waals surface area contributed by atoms with Crippen LogP contribution < -0.4 is 5.32 Å². The van der Waals surface area contributed by atoms with Crippen molar-refractivity contribution in [2.45, 2.75) is 47.1 Å². The molecule has 0 fully saturated rings. The Hall–Kier alpha value is -1.31. The molecule has 2 heteroatoms. The average molecular weight is 247 g/mol. The lowest BCUT2D eigenvalue weighted by molar-refractivity contribution is -0.129. The van der Waals surface area contributed by atoms with Crippen LogP contribution in [-0.2, 0) is 10.3 Å². The highest BCUT2D eigenvalue weighted by Crippen LogP contribution is 2.27. The Kier molecular flexibility index (Phi) is 4.20. The van der Waals surface area contributed by atoms with Crippen molar-refractivity contribution in [2.24, 2.45) is 11.3 Å². The van der Waals surface area contributed by atoms with Gasteiger partial charge in [-0.05, 0) is 24.8 Å². The molecule has 0 saturated heterocycles. The highest BCUT2D eigenvalue weighted by Gasteiger charge is 2.31. The van der Waals surface area contributed by atoms with E-state index in [0.717, 1.165) is 5.56 Å². The molecule has 1 aromatic rings. The molecule has 1 rings (SSSR count). The Morgan fingerprint density at radius 1 is 1.06 bits per heavy atom. The molecule has 1 atom stereocenters. The van der Waals surface area contributed by atoms with Gasteiger partial charge in [0.15, 0.2) is 0 Å². The topological polar surface area (TPSA) is 29.1 Å². The lowest BCUT2D eigenvalue weighted by atomic mass is 9.81. The van der Waals surface area contributed by atoms with E-state index < -0.39 is 0 Å². The molecule has 0 saturated carbocycles. The molecule has 0 aliphatic rings. The SMILES string of the molecule is CC(C(=O)NC(C)(C)c1ccccc1)C(C)(C)C. The summed E-state index contributed by atoms with van der Waals surface area (Å²) in [6, 6.07) is 10.1. The molecule has 0 radical (unpaired) electrons. The number of carbonyl (C=O) groups is 1. The van der Waals surface area contributed by atoms with E-state index >= 15 is 0 Å². The summed E-state index contributed by atoms with van der Waals surface area (Å²) in [5, 5.41) is 3.14. The monoisotopic (exact) mass is 247 g/mol. The van der Waals surface area contributed by atoms with E-state index in [2.05, 4.69) is 26.1 Å². The van der Waals surface area contributed by atoms with Crippen LogP contribution in [0.4, 0.5) is 0 Å². The zero-order valence-electron chi connectivity index (χ0n) is 12.4. The lowest BCUT2D eigenvalue weighted by Crippen LogP contribution is -2.46. The average Bonchev–Trinajstić information content (AvgIpc) is 2.27. The molecule has 2 nitrogen and oxygen atoms in total. The molecule has 0 aliphatic heterocycles. The molecule has 0 heterocycles. The first-order chi connectivity index (χ1) is 8.14. The molecule has 1 aromatic carbocycles. The largest absolute Gasteiger partial charge is 0.347 e. The van der Waals surface area contributed by atoms with Crippen LogP contribution in [0.5, 0.6) is 0 Å². The Morgan fingerprint density at radius 2 is 1.56 bits per heavy atom. The highest BCUT2D eigenvalue weighted by molar-refractivity contribution is 5.79.